The van der Waals surface area contributed by atoms with Crippen LogP contribution in [-0.4, -0.2) is 20.6 Å². The van der Waals surface area contributed by atoms with Crippen LogP contribution in [0, 0.1) is 11.6 Å². The van der Waals surface area contributed by atoms with E-state index in [9.17, 15) is 22.0 Å². The second-order valence-electron chi connectivity index (χ2n) is 3.99. The lowest BCUT2D eigenvalue weighted by atomic mass is 10.2. The SMILES string of the molecule is CC(C)OC(=O)NS(=O)(=O)Nc1c(N)ccc(F)c1F. The van der Waals surface area contributed by atoms with Crippen LogP contribution < -0.4 is 15.2 Å². The van der Waals surface area contributed by atoms with Crippen LogP contribution in [0.5, 0.6) is 0 Å². The Morgan fingerprint density at radius 2 is 1.95 bits per heavy atom. The Morgan fingerprint density at radius 3 is 2.50 bits per heavy atom. The van der Waals surface area contributed by atoms with Crippen molar-refractivity contribution in [3.63, 3.8) is 0 Å². The molecule has 0 aliphatic heterocycles. The van der Waals surface area contributed by atoms with E-state index in [1.54, 1.807) is 4.72 Å². The quantitative estimate of drug-likeness (QED) is 0.727. The summed E-state index contributed by atoms with van der Waals surface area (Å²) < 4.78 is 57.1. The number of halogens is 2. The smallest absolute Gasteiger partial charge is 0.422 e. The van der Waals surface area contributed by atoms with Crippen LogP contribution in [0.25, 0.3) is 0 Å². The Labute approximate surface area is 114 Å². The molecular weight excluding hydrogens is 296 g/mol. The molecule has 20 heavy (non-hydrogen) atoms. The molecule has 0 radical (unpaired) electrons. The highest BCUT2D eigenvalue weighted by molar-refractivity contribution is 7.91. The average molecular weight is 309 g/mol. The first-order valence-electron chi connectivity index (χ1n) is 5.37. The van der Waals surface area contributed by atoms with Crippen LogP contribution in [0.3, 0.4) is 0 Å². The van der Waals surface area contributed by atoms with Crippen LogP contribution >= 0.6 is 0 Å². The Kier molecular flexibility index (Phi) is 4.71. The first-order chi connectivity index (χ1) is 9.12. The van der Waals surface area contributed by atoms with E-state index < -0.39 is 39.7 Å². The lowest BCUT2D eigenvalue weighted by Gasteiger charge is -2.13. The first-order valence-corrected chi connectivity index (χ1v) is 6.85. The van der Waals surface area contributed by atoms with Gasteiger partial charge >= 0.3 is 16.3 Å². The Hall–Kier alpha value is -2.10. The summed E-state index contributed by atoms with van der Waals surface area (Å²) in [6, 6.07) is 1.71. The maximum absolute atomic E-state index is 13.4. The Bertz CT molecular complexity index is 619. The minimum atomic E-state index is -4.50. The summed E-state index contributed by atoms with van der Waals surface area (Å²) in [6.07, 6.45) is -1.82. The molecule has 0 aliphatic carbocycles. The van der Waals surface area contributed by atoms with Gasteiger partial charge in [0.05, 0.1) is 11.8 Å². The molecule has 0 unspecified atom stereocenters. The zero-order chi connectivity index (χ0) is 15.5. The lowest BCUT2D eigenvalue weighted by molar-refractivity contribution is 0.121. The largest absolute Gasteiger partial charge is 0.446 e. The fraction of sp³-hybridized carbons (Fsp3) is 0.300. The van der Waals surface area contributed by atoms with E-state index in [0.717, 1.165) is 12.1 Å². The molecule has 0 bridgehead atoms. The van der Waals surface area contributed by atoms with Crippen molar-refractivity contribution in [2.45, 2.75) is 20.0 Å². The van der Waals surface area contributed by atoms with Crippen LogP contribution in [0.2, 0.25) is 0 Å². The van der Waals surface area contributed by atoms with Crippen molar-refractivity contribution in [3.05, 3.63) is 23.8 Å². The summed E-state index contributed by atoms with van der Waals surface area (Å²) in [5.41, 5.74) is 4.19. The third-order valence-electron chi connectivity index (χ3n) is 1.92. The molecule has 1 amide bonds. The number of carbonyl (C=O) groups is 1. The van der Waals surface area contributed by atoms with Gasteiger partial charge in [0.25, 0.3) is 0 Å². The van der Waals surface area contributed by atoms with Crippen LogP contribution in [0.1, 0.15) is 13.8 Å². The summed E-state index contributed by atoms with van der Waals surface area (Å²) in [4.78, 5) is 11.1. The molecule has 4 N–H and O–H groups in total. The van der Waals surface area contributed by atoms with Gasteiger partial charge in [-0.1, -0.05) is 0 Å². The second-order valence-corrected chi connectivity index (χ2v) is 5.40. The van der Waals surface area contributed by atoms with Crippen molar-refractivity contribution in [2.24, 2.45) is 0 Å². The summed E-state index contributed by atoms with van der Waals surface area (Å²) in [6.45, 7) is 3.01. The topological polar surface area (TPSA) is 111 Å². The number of rotatable bonds is 4. The third kappa shape index (κ3) is 4.23. The zero-order valence-electron chi connectivity index (χ0n) is 10.6. The van der Waals surface area contributed by atoms with E-state index in [-0.39, 0.29) is 5.69 Å². The van der Waals surface area contributed by atoms with E-state index in [1.165, 1.54) is 18.6 Å². The summed E-state index contributed by atoms with van der Waals surface area (Å²) in [5, 5.41) is 0. The van der Waals surface area contributed by atoms with Gasteiger partial charge in [-0.15, -0.1) is 0 Å². The summed E-state index contributed by atoms with van der Waals surface area (Å²) >= 11 is 0. The van der Waals surface area contributed by atoms with E-state index in [1.807, 2.05) is 0 Å². The molecule has 7 nitrogen and oxygen atoms in total. The van der Waals surface area contributed by atoms with Crippen molar-refractivity contribution in [1.29, 1.82) is 0 Å². The molecule has 0 aliphatic rings. The summed E-state index contributed by atoms with van der Waals surface area (Å²) in [7, 11) is -4.50. The van der Waals surface area contributed by atoms with E-state index in [0.29, 0.717) is 0 Å². The molecule has 0 atom stereocenters. The van der Waals surface area contributed by atoms with Gasteiger partial charge in [0.15, 0.2) is 11.6 Å². The number of amides is 1. The number of nitrogens with two attached hydrogens (primary N) is 1. The predicted octanol–water partition coefficient (Wildman–Crippen LogP) is 1.34. The van der Waals surface area contributed by atoms with Crippen LogP contribution in [0.15, 0.2) is 12.1 Å². The summed E-state index contributed by atoms with van der Waals surface area (Å²) in [5.74, 6) is -2.77. The molecule has 0 fully saturated rings. The molecule has 1 rings (SSSR count). The number of benzene rings is 1. The van der Waals surface area contributed by atoms with Gasteiger partial charge in [-0.25, -0.2) is 18.3 Å². The van der Waals surface area contributed by atoms with E-state index in [4.69, 9.17) is 5.73 Å². The van der Waals surface area contributed by atoms with Gasteiger partial charge in [-0.2, -0.15) is 8.42 Å². The molecule has 112 valence electrons. The predicted molar refractivity (Wildman–Crippen MR) is 68.1 cm³/mol. The van der Waals surface area contributed by atoms with Gasteiger partial charge < -0.3 is 10.5 Å². The number of hydrogen-bond acceptors (Lipinski definition) is 5. The maximum Gasteiger partial charge on any atom is 0.422 e. The molecule has 0 spiro atoms. The van der Waals surface area contributed by atoms with Crippen molar-refractivity contribution in [3.8, 4) is 0 Å². The molecule has 0 saturated heterocycles. The molecule has 10 heteroatoms. The van der Waals surface area contributed by atoms with Crippen LogP contribution in [-0.2, 0) is 14.9 Å². The molecule has 0 aromatic heterocycles. The van der Waals surface area contributed by atoms with Gasteiger partial charge in [-0.3, -0.25) is 4.72 Å². The fourth-order valence-electron chi connectivity index (χ4n) is 1.18. The number of nitrogen functional groups attached to an aromatic ring is 1. The number of carbonyl (C=O) groups excluding carboxylic acids is 1. The number of anilines is 2. The number of ether oxygens (including phenoxy) is 1. The third-order valence-corrected chi connectivity index (χ3v) is 2.83. The standard InChI is InChI=1S/C10H13F2N3O4S/c1-5(2)19-10(16)15-20(17,18)14-9-7(13)4-3-6(11)8(9)12/h3-5,14H,13H2,1-2H3,(H,15,16). The van der Waals surface area contributed by atoms with Crippen molar-refractivity contribution in [2.75, 3.05) is 10.5 Å². The first kappa shape index (κ1) is 16.0. The Morgan fingerprint density at radius 1 is 1.35 bits per heavy atom. The van der Waals surface area contributed by atoms with E-state index >= 15 is 0 Å². The molecule has 1 aromatic rings. The van der Waals surface area contributed by atoms with Crippen molar-refractivity contribution < 1.29 is 26.7 Å². The highest BCUT2D eigenvalue weighted by Gasteiger charge is 2.21. The van der Waals surface area contributed by atoms with Crippen LogP contribution in [0.4, 0.5) is 25.0 Å². The fourth-order valence-corrected chi connectivity index (χ4v) is 1.97. The number of nitrogens with one attached hydrogen (secondary N) is 2. The Balaban J connectivity index is 2.92. The van der Waals surface area contributed by atoms with Gasteiger partial charge in [-0.05, 0) is 26.0 Å². The van der Waals surface area contributed by atoms with E-state index in [2.05, 4.69) is 4.74 Å². The molecule has 0 heterocycles. The monoisotopic (exact) mass is 309 g/mol. The molecule has 1 aromatic carbocycles. The second kappa shape index (κ2) is 5.90. The van der Waals surface area contributed by atoms with Crippen molar-refractivity contribution in [1.82, 2.24) is 4.72 Å². The maximum atomic E-state index is 13.4. The normalized spacial score (nSPS) is 11.2. The average Bonchev–Trinajstić information content (AvgIpc) is 2.27. The highest BCUT2D eigenvalue weighted by atomic mass is 32.2. The minimum Gasteiger partial charge on any atom is -0.446 e. The zero-order valence-corrected chi connectivity index (χ0v) is 11.4. The molecular formula is C10H13F2N3O4S. The van der Waals surface area contributed by atoms with Gasteiger partial charge in [0.1, 0.15) is 5.69 Å². The lowest BCUT2D eigenvalue weighted by Crippen LogP contribution is -2.37. The van der Waals surface area contributed by atoms with Gasteiger partial charge in [0.2, 0.25) is 0 Å². The number of hydrogen-bond donors (Lipinski definition) is 3. The van der Waals surface area contributed by atoms with Gasteiger partial charge in [0, 0.05) is 0 Å². The van der Waals surface area contributed by atoms with Crippen molar-refractivity contribution >= 4 is 27.7 Å². The highest BCUT2D eigenvalue weighted by Crippen LogP contribution is 2.25. The molecule has 0 saturated carbocycles. The minimum absolute atomic E-state index is 0.341.